The first-order valence-corrected chi connectivity index (χ1v) is 7.93. The highest BCUT2D eigenvalue weighted by Gasteiger charge is 2.20. The average Bonchev–Trinajstić information content (AvgIpc) is 2.87. The molecule has 3 nitrogen and oxygen atoms in total. The minimum atomic E-state index is 0.0237. The third-order valence-electron chi connectivity index (χ3n) is 3.32. The second kappa shape index (κ2) is 5.72. The van der Waals surface area contributed by atoms with Crippen LogP contribution < -0.4 is 5.32 Å². The number of fused-ring (bicyclic) bond motifs is 1. The van der Waals surface area contributed by atoms with Crippen LogP contribution in [0.15, 0.2) is 24.3 Å². The number of anilines is 1. The van der Waals surface area contributed by atoms with Crippen molar-refractivity contribution < 1.29 is 4.79 Å². The third-order valence-corrected chi connectivity index (χ3v) is 5.05. The molecule has 0 saturated carbocycles. The summed E-state index contributed by atoms with van der Waals surface area (Å²) in [5, 5.41) is 4.36. The number of amides is 1. The molecule has 1 aliphatic rings. The van der Waals surface area contributed by atoms with Gasteiger partial charge in [0.1, 0.15) is 5.52 Å². The molecule has 6 heteroatoms. The number of carbonyl (C=O) groups is 1. The van der Waals surface area contributed by atoms with Gasteiger partial charge in [0.15, 0.2) is 5.13 Å². The summed E-state index contributed by atoms with van der Waals surface area (Å²) in [6.45, 7) is 0. The van der Waals surface area contributed by atoms with Gasteiger partial charge in [-0.15, -0.1) is 0 Å². The van der Waals surface area contributed by atoms with Crippen molar-refractivity contribution in [2.45, 2.75) is 19.3 Å². The van der Waals surface area contributed by atoms with Crippen LogP contribution in [0.25, 0.3) is 10.2 Å². The number of nitrogens with zero attached hydrogens (tertiary/aromatic N) is 1. The van der Waals surface area contributed by atoms with E-state index in [4.69, 9.17) is 23.2 Å². The summed E-state index contributed by atoms with van der Waals surface area (Å²) in [5.74, 6) is 0.0571. The van der Waals surface area contributed by atoms with E-state index in [0.29, 0.717) is 20.7 Å². The summed E-state index contributed by atoms with van der Waals surface area (Å²) >= 11 is 13.5. The zero-order valence-corrected chi connectivity index (χ0v) is 12.9. The van der Waals surface area contributed by atoms with Gasteiger partial charge in [0.05, 0.1) is 14.7 Å². The fourth-order valence-corrected chi connectivity index (χ4v) is 3.52. The van der Waals surface area contributed by atoms with Crippen molar-refractivity contribution >= 4 is 55.8 Å². The summed E-state index contributed by atoms with van der Waals surface area (Å²) in [5.41, 5.74) is 0.642. The predicted octanol–water partition coefficient (Wildman–Crippen LogP) is 4.90. The molecule has 1 atom stereocenters. The van der Waals surface area contributed by atoms with Crippen molar-refractivity contribution in [3.05, 3.63) is 34.3 Å². The summed E-state index contributed by atoms with van der Waals surface area (Å²) in [4.78, 5) is 16.5. The molecule has 1 aromatic heterocycles. The summed E-state index contributed by atoms with van der Waals surface area (Å²) in [6.07, 6.45) is 6.81. The Morgan fingerprint density at radius 3 is 2.95 bits per heavy atom. The first kappa shape index (κ1) is 13.9. The Kier molecular flexibility index (Phi) is 3.96. The SMILES string of the molecule is O=C(Nc1nc2c(Cl)c(Cl)ccc2s1)C1CC=CCC1. The van der Waals surface area contributed by atoms with E-state index in [1.807, 2.05) is 6.07 Å². The van der Waals surface area contributed by atoms with E-state index in [0.717, 1.165) is 24.0 Å². The molecule has 0 spiro atoms. The maximum Gasteiger partial charge on any atom is 0.229 e. The van der Waals surface area contributed by atoms with Crippen LogP contribution in [0.5, 0.6) is 0 Å². The highest BCUT2D eigenvalue weighted by molar-refractivity contribution is 7.22. The number of hydrogen-bond donors (Lipinski definition) is 1. The number of nitrogens with one attached hydrogen (secondary N) is 1. The lowest BCUT2D eigenvalue weighted by Gasteiger charge is -2.15. The molecule has 1 aliphatic carbocycles. The maximum atomic E-state index is 12.2. The summed E-state index contributed by atoms with van der Waals surface area (Å²) < 4.78 is 0.915. The number of benzene rings is 1. The second-order valence-electron chi connectivity index (χ2n) is 4.70. The highest BCUT2D eigenvalue weighted by Crippen LogP contribution is 2.35. The van der Waals surface area contributed by atoms with Crippen LogP contribution in [0.2, 0.25) is 10.0 Å². The van der Waals surface area contributed by atoms with Gasteiger partial charge in [-0.2, -0.15) is 0 Å². The lowest BCUT2D eigenvalue weighted by molar-refractivity contribution is -0.120. The van der Waals surface area contributed by atoms with Gasteiger partial charge in [-0.25, -0.2) is 4.98 Å². The van der Waals surface area contributed by atoms with Crippen molar-refractivity contribution in [1.29, 1.82) is 0 Å². The largest absolute Gasteiger partial charge is 0.302 e. The van der Waals surface area contributed by atoms with Crippen LogP contribution >= 0.6 is 34.5 Å². The minimum absolute atomic E-state index is 0.0237. The van der Waals surface area contributed by atoms with E-state index in [1.165, 1.54) is 11.3 Å². The quantitative estimate of drug-likeness (QED) is 0.797. The summed E-state index contributed by atoms with van der Waals surface area (Å²) in [6, 6.07) is 3.60. The number of halogens is 2. The lowest BCUT2D eigenvalue weighted by atomic mass is 9.94. The lowest BCUT2D eigenvalue weighted by Crippen LogP contribution is -2.23. The van der Waals surface area contributed by atoms with Crippen molar-refractivity contribution in [1.82, 2.24) is 4.98 Å². The van der Waals surface area contributed by atoms with Gasteiger partial charge in [0.2, 0.25) is 5.91 Å². The number of rotatable bonds is 2. The zero-order chi connectivity index (χ0) is 14.1. The topological polar surface area (TPSA) is 42.0 Å². The van der Waals surface area contributed by atoms with E-state index in [1.54, 1.807) is 6.07 Å². The fraction of sp³-hybridized carbons (Fsp3) is 0.286. The molecule has 1 aromatic carbocycles. The van der Waals surface area contributed by atoms with Crippen molar-refractivity contribution in [2.24, 2.45) is 5.92 Å². The molecule has 0 aliphatic heterocycles. The molecule has 1 N–H and O–H groups in total. The zero-order valence-electron chi connectivity index (χ0n) is 10.5. The first-order valence-electron chi connectivity index (χ1n) is 6.35. The van der Waals surface area contributed by atoms with Gasteiger partial charge < -0.3 is 5.32 Å². The van der Waals surface area contributed by atoms with Crippen LogP contribution in [0, 0.1) is 5.92 Å². The standard InChI is InChI=1S/C14H12Cl2N2OS/c15-9-6-7-10-12(11(9)16)17-14(20-10)18-13(19)8-4-2-1-3-5-8/h1-2,6-8H,3-5H2,(H,17,18,19). The Morgan fingerprint density at radius 2 is 2.20 bits per heavy atom. The predicted molar refractivity (Wildman–Crippen MR) is 84.8 cm³/mol. The molecule has 0 saturated heterocycles. The second-order valence-corrected chi connectivity index (χ2v) is 6.51. The Bertz CT molecular complexity index is 696. The van der Waals surface area contributed by atoms with E-state index in [9.17, 15) is 4.79 Å². The fourth-order valence-electron chi connectivity index (χ4n) is 2.23. The van der Waals surface area contributed by atoms with Crippen molar-refractivity contribution in [3.63, 3.8) is 0 Å². The van der Waals surface area contributed by atoms with Crippen LogP contribution in [-0.2, 0) is 4.79 Å². The Balaban J connectivity index is 1.82. The molecule has 3 rings (SSSR count). The van der Waals surface area contributed by atoms with E-state index < -0.39 is 0 Å². The molecule has 0 radical (unpaired) electrons. The van der Waals surface area contributed by atoms with Crippen LogP contribution in [0.3, 0.4) is 0 Å². The molecular weight excluding hydrogens is 315 g/mol. The average molecular weight is 327 g/mol. The first-order chi connectivity index (χ1) is 9.65. The van der Waals surface area contributed by atoms with Gasteiger partial charge in [0, 0.05) is 5.92 Å². The Morgan fingerprint density at radius 1 is 1.35 bits per heavy atom. The van der Waals surface area contributed by atoms with E-state index in [-0.39, 0.29) is 11.8 Å². The minimum Gasteiger partial charge on any atom is -0.302 e. The monoisotopic (exact) mass is 326 g/mol. The normalized spacial score (nSPS) is 18.4. The smallest absolute Gasteiger partial charge is 0.229 e. The Labute approximate surface area is 130 Å². The molecule has 20 heavy (non-hydrogen) atoms. The van der Waals surface area contributed by atoms with Crippen LogP contribution in [-0.4, -0.2) is 10.9 Å². The van der Waals surface area contributed by atoms with Crippen LogP contribution in [0.1, 0.15) is 19.3 Å². The molecule has 1 unspecified atom stereocenters. The van der Waals surface area contributed by atoms with E-state index in [2.05, 4.69) is 22.5 Å². The molecular formula is C14H12Cl2N2OS. The van der Waals surface area contributed by atoms with Gasteiger partial charge >= 0.3 is 0 Å². The van der Waals surface area contributed by atoms with Crippen molar-refractivity contribution in [3.8, 4) is 0 Å². The highest BCUT2D eigenvalue weighted by atomic mass is 35.5. The molecule has 104 valence electrons. The number of aromatic nitrogens is 1. The number of hydrogen-bond acceptors (Lipinski definition) is 3. The number of thiazole rings is 1. The molecule has 0 bridgehead atoms. The third kappa shape index (κ3) is 2.68. The molecule has 0 fully saturated rings. The number of carbonyl (C=O) groups excluding carboxylic acids is 1. The molecule has 2 aromatic rings. The number of allylic oxidation sites excluding steroid dienone is 2. The Hall–Kier alpha value is -1.10. The van der Waals surface area contributed by atoms with Gasteiger partial charge in [0.25, 0.3) is 0 Å². The summed E-state index contributed by atoms with van der Waals surface area (Å²) in [7, 11) is 0. The van der Waals surface area contributed by atoms with Gasteiger partial charge in [-0.3, -0.25) is 4.79 Å². The molecule has 1 heterocycles. The van der Waals surface area contributed by atoms with Crippen LogP contribution in [0.4, 0.5) is 5.13 Å². The van der Waals surface area contributed by atoms with Gasteiger partial charge in [-0.05, 0) is 31.4 Å². The van der Waals surface area contributed by atoms with Crippen molar-refractivity contribution in [2.75, 3.05) is 5.32 Å². The van der Waals surface area contributed by atoms with Gasteiger partial charge in [-0.1, -0.05) is 46.7 Å². The van der Waals surface area contributed by atoms with E-state index >= 15 is 0 Å². The maximum absolute atomic E-state index is 12.2. The molecule has 1 amide bonds.